The SMILES string of the molecule is CNc1nc(CSC2CCCCC2)ns1. The van der Waals surface area contributed by atoms with Crippen molar-refractivity contribution in [3.8, 4) is 0 Å². The first kappa shape index (κ1) is 11.2. The van der Waals surface area contributed by atoms with Crippen molar-refractivity contribution in [3.63, 3.8) is 0 Å². The normalized spacial score (nSPS) is 17.9. The van der Waals surface area contributed by atoms with Crippen LogP contribution in [-0.2, 0) is 5.75 Å². The molecule has 1 N–H and O–H groups in total. The summed E-state index contributed by atoms with van der Waals surface area (Å²) in [6, 6.07) is 0. The van der Waals surface area contributed by atoms with Crippen molar-refractivity contribution < 1.29 is 0 Å². The van der Waals surface area contributed by atoms with Crippen LogP contribution in [0.4, 0.5) is 5.13 Å². The highest BCUT2D eigenvalue weighted by molar-refractivity contribution is 7.99. The van der Waals surface area contributed by atoms with Gasteiger partial charge in [0.2, 0.25) is 5.13 Å². The van der Waals surface area contributed by atoms with Crippen molar-refractivity contribution in [2.24, 2.45) is 0 Å². The predicted octanol–water partition coefficient (Wildman–Crippen LogP) is 3.15. The predicted molar refractivity (Wildman–Crippen MR) is 67.6 cm³/mol. The van der Waals surface area contributed by atoms with E-state index in [9.17, 15) is 0 Å². The number of anilines is 1. The highest BCUT2D eigenvalue weighted by Gasteiger charge is 2.14. The lowest BCUT2D eigenvalue weighted by Crippen LogP contribution is -2.08. The minimum absolute atomic E-state index is 0.847. The van der Waals surface area contributed by atoms with Gasteiger partial charge in [-0.05, 0) is 12.8 Å². The molecule has 15 heavy (non-hydrogen) atoms. The average molecular weight is 243 g/mol. The van der Waals surface area contributed by atoms with E-state index in [-0.39, 0.29) is 0 Å². The smallest absolute Gasteiger partial charge is 0.202 e. The summed E-state index contributed by atoms with van der Waals surface area (Å²) in [5.74, 6) is 1.96. The van der Waals surface area contributed by atoms with Crippen LogP contribution in [0, 0.1) is 0 Å². The van der Waals surface area contributed by atoms with Crippen molar-refractivity contribution in [3.05, 3.63) is 5.82 Å². The molecule has 1 aromatic heterocycles. The fourth-order valence-electron chi connectivity index (χ4n) is 1.84. The van der Waals surface area contributed by atoms with E-state index in [0.29, 0.717) is 0 Å². The molecule has 0 amide bonds. The molecule has 0 unspecified atom stereocenters. The van der Waals surface area contributed by atoms with Gasteiger partial charge in [0.1, 0.15) is 0 Å². The monoisotopic (exact) mass is 243 g/mol. The molecule has 1 aromatic rings. The summed E-state index contributed by atoms with van der Waals surface area (Å²) in [7, 11) is 1.89. The van der Waals surface area contributed by atoms with Gasteiger partial charge in [0.05, 0.1) is 5.75 Å². The van der Waals surface area contributed by atoms with E-state index >= 15 is 0 Å². The van der Waals surface area contributed by atoms with E-state index in [4.69, 9.17) is 0 Å². The van der Waals surface area contributed by atoms with Gasteiger partial charge in [-0.3, -0.25) is 0 Å². The maximum atomic E-state index is 4.39. The molecule has 0 aromatic carbocycles. The molecular formula is C10H17N3S2. The topological polar surface area (TPSA) is 37.8 Å². The van der Waals surface area contributed by atoms with Crippen molar-refractivity contribution >= 4 is 28.4 Å². The number of hydrogen-bond donors (Lipinski definition) is 1. The lowest BCUT2D eigenvalue weighted by molar-refractivity contribution is 0.516. The Labute approximate surface area is 99.2 Å². The Morgan fingerprint density at radius 1 is 1.40 bits per heavy atom. The molecule has 1 fully saturated rings. The fraction of sp³-hybridized carbons (Fsp3) is 0.800. The van der Waals surface area contributed by atoms with Gasteiger partial charge in [-0.25, -0.2) is 4.98 Å². The van der Waals surface area contributed by atoms with Gasteiger partial charge in [-0.2, -0.15) is 16.1 Å². The third-order valence-corrected chi connectivity index (χ3v) is 4.82. The Balaban J connectivity index is 1.76. The molecule has 5 heteroatoms. The summed E-state index contributed by atoms with van der Waals surface area (Å²) in [6.07, 6.45) is 7.01. The van der Waals surface area contributed by atoms with Crippen molar-refractivity contribution in [1.29, 1.82) is 0 Å². The molecule has 1 aliphatic rings. The van der Waals surface area contributed by atoms with Crippen LogP contribution in [-0.4, -0.2) is 21.7 Å². The second-order valence-electron chi connectivity index (χ2n) is 3.84. The van der Waals surface area contributed by atoms with Gasteiger partial charge in [0.25, 0.3) is 0 Å². The molecule has 1 aliphatic carbocycles. The Kier molecular flexibility index (Phi) is 4.26. The molecule has 0 aliphatic heterocycles. The number of hydrogen-bond acceptors (Lipinski definition) is 5. The van der Waals surface area contributed by atoms with Crippen molar-refractivity contribution in [1.82, 2.24) is 9.36 Å². The summed E-state index contributed by atoms with van der Waals surface area (Å²) >= 11 is 3.48. The summed E-state index contributed by atoms with van der Waals surface area (Å²) < 4.78 is 4.32. The molecular weight excluding hydrogens is 226 g/mol. The van der Waals surface area contributed by atoms with E-state index < -0.39 is 0 Å². The highest BCUT2D eigenvalue weighted by atomic mass is 32.2. The quantitative estimate of drug-likeness (QED) is 0.881. The second-order valence-corrected chi connectivity index (χ2v) is 5.88. The zero-order valence-electron chi connectivity index (χ0n) is 9.03. The van der Waals surface area contributed by atoms with Crippen LogP contribution in [0.25, 0.3) is 0 Å². The standard InChI is InChI=1S/C10H17N3S2/c1-11-10-12-9(13-15-10)7-14-8-5-3-2-4-6-8/h8H,2-7H2,1H3,(H,11,12,13). The number of rotatable bonds is 4. The molecule has 2 rings (SSSR count). The zero-order valence-corrected chi connectivity index (χ0v) is 10.7. The summed E-state index contributed by atoms with van der Waals surface area (Å²) in [5.41, 5.74) is 0. The highest BCUT2D eigenvalue weighted by Crippen LogP contribution is 2.30. The molecule has 0 saturated heterocycles. The number of nitrogens with zero attached hydrogens (tertiary/aromatic N) is 2. The van der Waals surface area contributed by atoms with Crippen LogP contribution in [0.1, 0.15) is 37.9 Å². The van der Waals surface area contributed by atoms with Crippen molar-refractivity contribution in [2.45, 2.75) is 43.1 Å². The molecule has 0 bridgehead atoms. The van der Waals surface area contributed by atoms with E-state index in [2.05, 4.69) is 14.7 Å². The Morgan fingerprint density at radius 2 is 2.20 bits per heavy atom. The van der Waals surface area contributed by atoms with Crippen LogP contribution in [0.2, 0.25) is 0 Å². The average Bonchev–Trinajstić information content (AvgIpc) is 2.76. The van der Waals surface area contributed by atoms with Gasteiger partial charge in [-0.1, -0.05) is 19.3 Å². The number of aromatic nitrogens is 2. The molecule has 0 spiro atoms. The Morgan fingerprint density at radius 3 is 2.87 bits per heavy atom. The van der Waals surface area contributed by atoms with Gasteiger partial charge >= 0.3 is 0 Å². The summed E-state index contributed by atoms with van der Waals surface area (Å²) in [4.78, 5) is 4.39. The van der Waals surface area contributed by atoms with E-state index in [1.54, 1.807) is 0 Å². The number of thioether (sulfide) groups is 1. The summed E-state index contributed by atoms with van der Waals surface area (Å²) in [5, 5.41) is 4.79. The second kappa shape index (κ2) is 5.70. The third-order valence-electron chi connectivity index (χ3n) is 2.68. The van der Waals surface area contributed by atoms with E-state index in [0.717, 1.165) is 22.0 Å². The van der Waals surface area contributed by atoms with Crippen LogP contribution < -0.4 is 5.32 Å². The lowest BCUT2D eigenvalue weighted by atomic mass is 10.0. The Bertz CT molecular complexity index is 295. The van der Waals surface area contributed by atoms with Crippen LogP contribution in [0.5, 0.6) is 0 Å². The maximum Gasteiger partial charge on any atom is 0.202 e. The van der Waals surface area contributed by atoms with E-state index in [1.165, 1.54) is 43.6 Å². The first-order valence-corrected chi connectivity index (χ1v) is 7.32. The fourth-order valence-corrected chi connectivity index (χ4v) is 3.64. The minimum atomic E-state index is 0.847. The molecule has 3 nitrogen and oxygen atoms in total. The van der Waals surface area contributed by atoms with Crippen LogP contribution in [0.15, 0.2) is 0 Å². The minimum Gasteiger partial charge on any atom is -0.363 e. The summed E-state index contributed by atoms with van der Waals surface area (Å²) in [6.45, 7) is 0. The third kappa shape index (κ3) is 3.34. The molecule has 0 radical (unpaired) electrons. The zero-order chi connectivity index (χ0) is 10.5. The first-order chi connectivity index (χ1) is 7.38. The van der Waals surface area contributed by atoms with Gasteiger partial charge in [-0.15, -0.1) is 0 Å². The van der Waals surface area contributed by atoms with Gasteiger partial charge in [0, 0.05) is 23.8 Å². The van der Waals surface area contributed by atoms with Crippen LogP contribution >= 0.6 is 23.3 Å². The van der Waals surface area contributed by atoms with Gasteiger partial charge in [0.15, 0.2) is 5.82 Å². The van der Waals surface area contributed by atoms with Gasteiger partial charge < -0.3 is 5.32 Å². The first-order valence-electron chi connectivity index (χ1n) is 5.50. The number of nitrogens with one attached hydrogen (secondary N) is 1. The molecule has 84 valence electrons. The van der Waals surface area contributed by atoms with E-state index in [1.807, 2.05) is 18.8 Å². The van der Waals surface area contributed by atoms with Crippen molar-refractivity contribution in [2.75, 3.05) is 12.4 Å². The Hall–Kier alpha value is -0.290. The molecule has 0 atom stereocenters. The van der Waals surface area contributed by atoms with Crippen LogP contribution in [0.3, 0.4) is 0 Å². The maximum absolute atomic E-state index is 4.39. The lowest BCUT2D eigenvalue weighted by Gasteiger charge is -2.20. The largest absolute Gasteiger partial charge is 0.363 e. The molecule has 1 saturated carbocycles. The molecule has 1 heterocycles.